The number of aliphatic hydroxyl groups is 1. The topological polar surface area (TPSA) is 71.2 Å². The third-order valence-electron chi connectivity index (χ3n) is 4.83. The second-order valence-electron chi connectivity index (χ2n) is 6.79. The highest BCUT2D eigenvalue weighted by Crippen LogP contribution is 2.32. The van der Waals surface area contributed by atoms with Crippen LogP contribution in [0.2, 0.25) is 0 Å². The average molecular weight is 390 g/mol. The summed E-state index contributed by atoms with van der Waals surface area (Å²) in [4.78, 5) is 22.5. The van der Waals surface area contributed by atoms with Crippen LogP contribution in [0.1, 0.15) is 17.7 Å². The van der Waals surface area contributed by atoms with Crippen LogP contribution in [0.25, 0.3) is 16.7 Å². The molecule has 4 rings (SSSR count). The molecule has 0 spiro atoms. The van der Waals surface area contributed by atoms with Crippen molar-refractivity contribution in [3.05, 3.63) is 58.1 Å². The number of benzene rings is 1. The summed E-state index contributed by atoms with van der Waals surface area (Å²) in [6.45, 7) is 2.47. The van der Waals surface area contributed by atoms with E-state index in [-0.39, 0.29) is 18.0 Å². The van der Waals surface area contributed by atoms with E-state index in [0.29, 0.717) is 29.6 Å². The number of halogens is 3. The van der Waals surface area contributed by atoms with Crippen molar-refractivity contribution in [2.24, 2.45) is 0 Å². The molecule has 1 N–H and O–H groups in total. The molecule has 9 heteroatoms. The lowest BCUT2D eigenvalue weighted by Gasteiger charge is -2.21. The SMILES string of the molecule is Cc1ccccc1-n1c(=O)nc(N2CC[C@@H](O)C2)c2ccc(C(F)(F)F)nc21. The third kappa shape index (κ3) is 3.11. The fraction of sp³-hybridized carbons (Fsp3) is 0.316. The standard InChI is InChI=1S/C19H17F3N4O2/c1-11-4-2-3-5-14(11)26-17-13(6-7-15(23-17)19(20,21)22)16(24-18(26)28)25-9-8-12(27)10-25/h2-7,12,27H,8-10H2,1H3/t12-/m1/s1. The van der Waals surface area contributed by atoms with Gasteiger partial charge in [-0.15, -0.1) is 0 Å². The zero-order valence-corrected chi connectivity index (χ0v) is 14.9. The predicted octanol–water partition coefficient (Wildman–Crippen LogP) is 2.68. The predicted molar refractivity (Wildman–Crippen MR) is 97.7 cm³/mol. The minimum atomic E-state index is -4.64. The quantitative estimate of drug-likeness (QED) is 0.729. The number of nitrogens with zero attached hydrogens (tertiary/aromatic N) is 4. The maximum absolute atomic E-state index is 13.3. The number of β-amino-alcohol motifs (C(OH)–C–C–N with tert-alkyl or cyclic N) is 1. The first-order chi connectivity index (χ1) is 13.3. The second-order valence-corrected chi connectivity index (χ2v) is 6.79. The fourth-order valence-corrected chi connectivity index (χ4v) is 3.45. The average Bonchev–Trinajstić information content (AvgIpc) is 3.07. The van der Waals surface area contributed by atoms with Crippen molar-refractivity contribution in [1.29, 1.82) is 0 Å². The molecule has 3 aromatic rings. The van der Waals surface area contributed by atoms with Crippen LogP contribution >= 0.6 is 0 Å². The minimum Gasteiger partial charge on any atom is -0.391 e. The number of alkyl halides is 3. The van der Waals surface area contributed by atoms with Gasteiger partial charge in [0.25, 0.3) is 0 Å². The first kappa shape index (κ1) is 18.4. The Labute approximate surface area is 157 Å². The van der Waals surface area contributed by atoms with E-state index in [4.69, 9.17) is 0 Å². The van der Waals surface area contributed by atoms with E-state index in [2.05, 4.69) is 9.97 Å². The molecular formula is C19H17F3N4O2. The maximum atomic E-state index is 13.3. The van der Waals surface area contributed by atoms with Crippen molar-refractivity contribution in [3.8, 4) is 5.69 Å². The smallest absolute Gasteiger partial charge is 0.391 e. The Morgan fingerprint density at radius 1 is 1.14 bits per heavy atom. The van der Waals surface area contributed by atoms with Gasteiger partial charge in [0, 0.05) is 13.1 Å². The van der Waals surface area contributed by atoms with Gasteiger partial charge in [0.2, 0.25) is 0 Å². The summed E-state index contributed by atoms with van der Waals surface area (Å²) in [5.41, 5.74) is -0.785. The molecule has 0 bridgehead atoms. The van der Waals surface area contributed by atoms with Crippen molar-refractivity contribution >= 4 is 16.9 Å². The maximum Gasteiger partial charge on any atom is 0.433 e. The fourth-order valence-electron chi connectivity index (χ4n) is 3.45. The number of rotatable bonds is 2. The molecule has 1 atom stereocenters. The summed E-state index contributed by atoms with van der Waals surface area (Å²) in [7, 11) is 0. The molecule has 0 unspecified atom stereocenters. The molecule has 2 aromatic heterocycles. The van der Waals surface area contributed by atoms with E-state index in [1.165, 1.54) is 6.07 Å². The zero-order chi connectivity index (χ0) is 20.1. The first-order valence-electron chi connectivity index (χ1n) is 8.76. The Balaban J connectivity index is 2.05. The lowest BCUT2D eigenvalue weighted by Crippen LogP contribution is -2.30. The van der Waals surface area contributed by atoms with Crippen molar-refractivity contribution < 1.29 is 18.3 Å². The van der Waals surface area contributed by atoms with Gasteiger partial charge in [-0.1, -0.05) is 18.2 Å². The van der Waals surface area contributed by atoms with E-state index in [1.807, 2.05) is 0 Å². The Morgan fingerprint density at radius 2 is 1.89 bits per heavy atom. The number of pyridine rings is 1. The normalized spacial score (nSPS) is 17.5. The second kappa shape index (κ2) is 6.59. The molecule has 1 aliphatic heterocycles. The number of hydrogen-bond acceptors (Lipinski definition) is 5. The van der Waals surface area contributed by atoms with Crippen molar-refractivity contribution in [2.45, 2.75) is 25.6 Å². The number of hydrogen-bond donors (Lipinski definition) is 1. The number of anilines is 1. The van der Waals surface area contributed by atoms with Crippen LogP contribution in [0.4, 0.5) is 19.0 Å². The van der Waals surface area contributed by atoms with Gasteiger partial charge in [-0.05, 0) is 37.1 Å². The molecule has 28 heavy (non-hydrogen) atoms. The van der Waals surface area contributed by atoms with Crippen molar-refractivity contribution in [3.63, 3.8) is 0 Å². The van der Waals surface area contributed by atoms with Crippen molar-refractivity contribution in [2.75, 3.05) is 18.0 Å². The van der Waals surface area contributed by atoms with Gasteiger partial charge in [0.05, 0.1) is 17.2 Å². The molecule has 0 radical (unpaired) electrons. The van der Waals surface area contributed by atoms with Crippen LogP contribution in [-0.2, 0) is 6.18 Å². The van der Waals surface area contributed by atoms with Gasteiger partial charge in [-0.3, -0.25) is 0 Å². The van der Waals surface area contributed by atoms with Gasteiger partial charge in [0.15, 0.2) is 5.65 Å². The molecule has 1 saturated heterocycles. The van der Waals surface area contributed by atoms with Gasteiger partial charge >= 0.3 is 11.9 Å². The van der Waals surface area contributed by atoms with E-state index in [9.17, 15) is 23.1 Å². The molecule has 1 aromatic carbocycles. The Morgan fingerprint density at radius 3 is 2.54 bits per heavy atom. The van der Waals surface area contributed by atoms with E-state index in [1.54, 1.807) is 36.1 Å². The Kier molecular flexibility index (Phi) is 4.34. The summed E-state index contributed by atoms with van der Waals surface area (Å²) >= 11 is 0. The summed E-state index contributed by atoms with van der Waals surface area (Å²) in [5.74, 6) is 0.239. The Hall–Kier alpha value is -2.94. The van der Waals surface area contributed by atoms with Crippen LogP contribution in [0.5, 0.6) is 0 Å². The van der Waals surface area contributed by atoms with Crippen molar-refractivity contribution in [1.82, 2.24) is 14.5 Å². The van der Waals surface area contributed by atoms with E-state index < -0.39 is 23.7 Å². The largest absolute Gasteiger partial charge is 0.433 e. The molecular weight excluding hydrogens is 373 g/mol. The molecule has 146 valence electrons. The van der Waals surface area contributed by atoms with Gasteiger partial charge < -0.3 is 10.0 Å². The lowest BCUT2D eigenvalue weighted by molar-refractivity contribution is -0.141. The number of aromatic nitrogens is 3. The number of para-hydroxylation sites is 1. The van der Waals surface area contributed by atoms with E-state index in [0.717, 1.165) is 10.6 Å². The lowest BCUT2D eigenvalue weighted by atomic mass is 10.2. The molecule has 3 heterocycles. The molecule has 6 nitrogen and oxygen atoms in total. The summed E-state index contributed by atoms with van der Waals surface area (Å²) in [6.07, 6.45) is -4.72. The number of aliphatic hydroxyl groups excluding tert-OH is 1. The Bertz CT molecular complexity index is 1110. The van der Waals surface area contributed by atoms with Gasteiger partial charge in [-0.2, -0.15) is 18.2 Å². The molecule has 0 saturated carbocycles. The molecule has 0 amide bonds. The zero-order valence-electron chi connectivity index (χ0n) is 14.9. The van der Waals surface area contributed by atoms with Crippen LogP contribution in [-0.4, -0.2) is 38.8 Å². The highest BCUT2D eigenvalue weighted by atomic mass is 19.4. The summed E-state index contributed by atoms with van der Waals surface area (Å²) in [5, 5.41) is 10.1. The van der Waals surface area contributed by atoms with Crippen LogP contribution in [0.3, 0.4) is 0 Å². The molecule has 1 aliphatic rings. The van der Waals surface area contributed by atoms with E-state index >= 15 is 0 Å². The summed E-state index contributed by atoms with van der Waals surface area (Å²) < 4.78 is 40.9. The first-order valence-corrected chi connectivity index (χ1v) is 8.76. The van der Waals surface area contributed by atoms with Crippen LogP contribution < -0.4 is 10.6 Å². The summed E-state index contributed by atoms with van der Waals surface area (Å²) in [6, 6.07) is 9.02. The van der Waals surface area contributed by atoms with Crippen LogP contribution in [0, 0.1) is 6.92 Å². The van der Waals surface area contributed by atoms with Gasteiger partial charge in [0.1, 0.15) is 11.5 Å². The molecule has 0 aliphatic carbocycles. The number of fused-ring (bicyclic) bond motifs is 1. The molecule has 1 fully saturated rings. The number of aryl methyl sites for hydroxylation is 1. The highest BCUT2D eigenvalue weighted by molar-refractivity contribution is 5.88. The third-order valence-corrected chi connectivity index (χ3v) is 4.83. The highest BCUT2D eigenvalue weighted by Gasteiger charge is 2.34. The van der Waals surface area contributed by atoms with Crippen LogP contribution in [0.15, 0.2) is 41.2 Å². The van der Waals surface area contributed by atoms with Gasteiger partial charge in [-0.25, -0.2) is 14.3 Å². The minimum absolute atomic E-state index is 0.111. The monoisotopic (exact) mass is 390 g/mol.